The first-order chi connectivity index (χ1) is 15.7. The van der Waals surface area contributed by atoms with Gasteiger partial charge >= 0.3 is 0 Å². The summed E-state index contributed by atoms with van der Waals surface area (Å²) in [6.07, 6.45) is 0.245. The Morgan fingerprint density at radius 2 is 1.82 bits per heavy atom. The fraction of sp³-hybridized carbons (Fsp3) is 0.417. The minimum Gasteiger partial charge on any atom is -0.494 e. The van der Waals surface area contributed by atoms with E-state index in [0.29, 0.717) is 36.7 Å². The van der Waals surface area contributed by atoms with E-state index in [1.165, 1.54) is 22.2 Å². The maximum Gasteiger partial charge on any atom is 0.243 e. The summed E-state index contributed by atoms with van der Waals surface area (Å²) in [6.45, 7) is 8.37. The van der Waals surface area contributed by atoms with E-state index >= 15 is 0 Å². The van der Waals surface area contributed by atoms with Crippen LogP contribution in [0.5, 0.6) is 5.75 Å². The highest BCUT2D eigenvalue weighted by Gasteiger charge is 2.38. The minimum absolute atomic E-state index is 0.167. The number of nitrogens with zero attached hydrogens (tertiary/aromatic N) is 2. The summed E-state index contributed by atoms with van der Waals surface area (Å²) in [5.74, 6) is 0.119. The molecular weight excluding hydrogens is 442 g/mol. The van der Waals surface area contributed by atoms with Gasteiger partial charge in [-0.05, 0) is 36.8 Å². The molecule has 2 aromatic rings. The summed E-state index contributed by atoms with van der Waals surface area (Å²) in [7, 11) is -3.64. The summed E-state index contributed by atoms with van der Waals surface area (Å²) in [5, 5.41) is 2.90. The highest BCUT2D eigenvalue weighted by atomic mass is 32.2. The Kier molecular flexibility index (Phi) is 7.76. The summed E-state index contributed by atoms with van der Waals surface area (Å²) < 4.78 is 32.8. The van der Waals surface area contributed by atoms with Crippen LogP contribution in [0.15, 0.2) is 47.4 Å². The van der Waals surface area contributed by atoms with Crippen molar-refractivity contribution in [3.8, 4) is 5.75 Å². The van der Waals surface area contributed by atoms with E-state index in [1.807, 2.05) is 31.2 Å². The lowest BCUT2D eigenvalue weighted by Gasteiger charge is -2.24. The van der Waals surface area contributed by atoms with Crippen LogP contribution in [0, 0.1) is 0 Å². The van der Waals surface area contributed by atoms with Crippen LogP contribution in [0.4, 0.5) is 5.69 Å². The minimum atomic E-state index is -3.64. The second-order valence-corrected chi connectivity index (χ2v) is 9.69. The smallest absolute Gasteiger partial charge is 0.243 e. The number of rotatable bonds is 9. The van der Waals surface area contributed by atoms with Gasteiger partial charge in [-0.15, -0.1) is 0 Å². The topological polar surface area (TPSA) is 96.0 Å². The fourth-order valence-electron chi connectivity index (χ4n) is 4.15. The van der Waals surface area contributed by atoms with Crippen molar-refractivity contribution in [2.45, 2.75) is 51.6 Å². The molecule has 9 heteroatoms. The molecule has 0 saturated heterocycles. The van der Waals surface area contributed by atoms with E-state index in [9.17, 15) is 18.0 Å². The number of fused-ring (bicyclic) bond motifs is 1. The Bertz CT molecular complexity index is 1130. The maximum atomic E-state index is 13.1. The number of para-hydroxylation sites is 1. The number of anilines is 1. The fourth-order valence-corrected chi connectivity index (χ4v) is 5.66. The molecule has 0 bridgehead atoms. The van der Waals surface area contributed by atoms with Crippen molar-refractivity contribution in [1.82, 2.24) is 9.62 Å². The van der Waals surface area contributed by atoms with Gasteiger partial charge in [0.2, 0.25) is 21.8 Å². The lowest BCUT2D eigenvalue weighted by Crippen LogP contribution is -2.47. The number of hydrogen-bond donors (Lipinski definition) is 1. The average Bonchev–Trinajstić information content (AvgIpc) is 3.18. The molecular formula is C24H31N3O5S. The van der Waals surface area contributed by atoms with Crippen LogP contribution in [0.3, 0.4) is 0 Å². The predicted octanol–water partition coefficient (Wildman–Crippen LogP) is 2.71. The maximum absolute atomic E-state index is 13.1. The molecule has 1 atom stereocenters. The molecule has 0 saturated carbocycles. The van der Waals surface area contributed by atoms with Gasteiger partial charge in [0.1, 0.15) is 11.8 Å². The van der Waals surface area contributed by atoms with Crippen molar-refractivity contribution >= 4 is 27.5 Å². The van der Waals surface area contributed by atoms with E-state index < -0.39 is 16.1 Å². The van der Waals surface area contributed by atoms with Crippen LogP contribution in [-0.2, 0) is 32.6 Å². The molecule has 8 nitrogen and oxygen atoms in total. The Hall–Kier alpha value is -2.91. The first kappa shape index (κ1) is 24.7. The van der Waals surface area contributed by atoms with Gasteiger partial charge in [-0.25, -0.2) is 8.42 Å². The Balaban J connectivity index is 1.83. The molecule has 2 aromatic carbocycles. The van der Waals surface area contributed by atoms with Gasteiger partial charge in [0.15, 0.2) is 0 Å². The normalized spacial score (nSPS) is 15.4. The van der Waals surface area contributed by atoms with Gasteiger partial charge in [0.25, 0.3) is 0 Å². The number of nitrogens with one attached hydrogen (secondary N) is 1. The zero-order valence-corrected chi connectivity index (χ0v) is 20.3. The van der Waals surface area contributed by atoms with E-state index in [1.54, 1.807) is 26.0 Å². The zero-order chi connectivity index (χ0) is 24.2. The number of ether oxygens (including phenoxy) is 1. The molecule has 33 heavy (non-hydrogen) atoms. The number of hydrogen-bond acceptors (Lipinski definition) is 5. The van der Waals surface area contributed by atoms with E-state index in [2.05, 4.69) is 5.32 Å². The van der Waals surface area contributed by atoms with E-state index in [0.717, 1.165) is 5.56 Å². The molecule has 1 aliphatic rings. The molecule has 3 rings (SSSR count). The third-order valence-corrected chi connectivity index (χ3v) is 7.79. The number of benzene rings is 2. The van der Waals surface area contributed by atoms with Gasteiger partial charge in [-0.1, -0.05) is 32.0 Å². The van der Waals surface area contributed by atoms with Gasteiger partial charge in [-0.2, -0.15) is 4.31 Å². The third kappa shape index (κ3) is 5.04. The molecule has 1 aliphatic heterocycles. The van der Waals surface area contributed by atoms with E-state index in [4.69, 9.17) is 4.74 Å². The summed E-state index contributed by atoms with van der Waals surface area (Å²) >= 11 is 0. The number of sulfonamides is 1. The van der Waals surface area contributed by atoms with Crippen LogP contribution in [0.25, 0.3) is 0 Å². The van der Waals surface area contributed by atoms with Gasteiger partial charge < -0.3 is 10.1 Å². The molecule has 1 heterocycles. The molecule has 1 N–H and O–H groups in total. The molecule has 2 amide bonds. The monoisotopic (exact) mass is 473 g/mol. The standard InChI is InChI=1S/C24H31N3O5S/c1-5-26(6-2)33(30,31)20-12-13-21-19(14-20)15-22(27(21)17(4)28)24(29)25-16-18-10-8-9-11-23(18)32-7-3/h8-14,22H,5-7,15-16H2,1-4H3,(H,25,29)/t22-/m0/s1. The lowest BCUT2D eigenvalue weighted by atomic mass is 10.1. The van der Waals surface area contributed by atoms with Crippen LogP contribution >= 0.6 is 0 Å². The van der Waals surface area contributed by atoms with Gasteiger partial charge in [0, 0.05) is 44.2 Å². The average molecular weight is 474 g/mol. The molecule has 0 spiro atoms. The lowest BCUT2D eigenvalue weighted by molar-refractivity contribution is -0.125. The SMILES string of the molecule is CCOc1ccccc1CNC(=O)[C@@H]1Cc2cc(S(=O)(=O)N(CC)CC)ccc2N1C(C)=O. The molecule has 0 radical (unpaired) electrons. The van der Waals surface area contributed by atoms with Crippen molar-refractivity contribution < 1.29 is 22.7 Å². The summed E-state index contributed by atoms with van der Waals surface area (Å²) in [6, 6.07) is 11.4. The van der Waals surface area contributed by atoms with Crippen LogP contribution in [-0.4, -0.2) is 50.3 Å². The second-order valence-electron chi connectivity index (χ2n) is 7.75. The van der Waals surface area contributed by atoms with Crippen LogP contribution in [0.2, 0.25) is 0 Å². The van der Waals surface area contributed by atoms with Crippen molar-refractivity contribution in [3.05, 3.63) is 53.6 Å². The summed E-state index contributed by atoms with van der Waals surface area (Å²) in [5.41, 5.74) is 2.06. The van der Waals surface area contributed by atoms with Crippen molar-refractivity contribution in [1.29, 1.82) is 0 Å². The number of carbonyl (C=O) groups excluding carboxylic acids is 2. The van der Waals surface area contributed by atoms with Crippen molar-refractivity contribution in [2.24, 2.45) is 0 Å². The van der Waals surface area contributed by atoms with Crippen LogP contribution in [0.1, 0.15) is 38.8 Å². The third-order valence-electron chi connectivity index (χ3n) is 5.75. The zero-order valence-electron chi connectivity index (χ0n) is 19.5. The predicted molar refractivity (Wildman–Crippen MR) is 127 cm³/mol. The molecule has 0 aromatic heterocycles. The number of carbonyl (C=O) groups is 2. The Morgan fingerprint density at radius 1 is 1.12 bits per heavy atom. The van der Waals surface area contributed by atoms with Crippen LogP contribution < -0.4 is 15.0 Å². The first-order valence-corrected chi connectivity index (χ1v) is 12.6. The molecule has 178 valence electrons. The summed E-state index contributed by atoms with van der Waals surface area (Å²) in [4.78, 5) is 27.1. The second kappa shape index (κ2) is 10.4. The largest absolute Gasteiger partial charge is 0.494 e. The Labute approximate surface area is 195 Å². The molecule has 0 aliphatic carbocycles. The van der Waals surface area contributed by atoms with Gasteiger partial charge in [-0.3, -0.25) is 14.5 Å². The molecule has 0 fully saturated rings. The van der Waals surface area contributed by atoms with Crippen molar-refractivity contribution in [3.63, 3.8) is 0 Å². The van der Waals surface area contributed by atoms with Crippen molar-refractivity contribution in [2.75, 3.05) is 24.6 Å². The Morgan fingerprint density at radius 3 is 2.45 bits per heavy atom. The first-order valence-electron chi connectivity index (χ1n) is 11.2. The van der Waals surface area contributed by atoms with Gasteiger partial charge in [0.05, 0.1) is 11.5 Å². The highest BCUT2D eigenvalue weighted by Crippen LogP contribution is 2.35. The molecule has 0 unspecified atom stereocenters. The van der Waals surface area contributed by atoms with E-state index in [-0.39, 0.29) is 29.7 Å². The quantitative estimate of drug-likeness (QED) is 0.604. The number of amides is 2. The highest BCUT2D eigenvalue weighted by molar-refractivity contribution is 7.89.